The molecule has 0 radical (unpaired) electrons. The molecule has 1 aromatic heterocycles. The molecule has 2 N–H and O–H groups in total. The van der Waals surface area contributed by atoms with Gasteiger partial charge in [-0.3, -0.25) is 0 Å². The van der Waals surface area contributed by atoms with Crippen molar-refractivity contribution in [2.45, 2.75) is 32.2 Å². The second kappa shape index (κ2) is 6.87. The minimum Gasteiger partial charge on any atom is -0.352 e. The Hall–Kier alpha value is -1.13. The van der Waals surface area contributed by atoms with Gasteiger partial charge in [-0.1, -0.05) is 13.0 Å². The summed E-state index contributed by atoms with van der Waals surface area (Å²) in [4.78, 5) is 9.53. The van der Waals surface area contributed by atoms with Gasteiger partial charge in [0.2, 0.25) is 0 Å². The van der Waals surface area contributed by atoms with Gasteiger partial charge >= 0.3 is 0 Å². The maximum atomic E-state index is 5.58. The molecule has 4 nitrogen and oxygen atoms in total. The molecule has 1 fully saturated rings. The molecule has 1 atom stereocenters. The number of anilines is 1. The van der Waals surface area contributed by atoms with E-state index >= 15 is 0 Å². The van der Waals surface area contributed by atoms with E-state index in [1.807, 2.05) is 6.20 Å². The van der Waals surface area contributed by atoms with Crippen molar-refractivity contribution >= 4 is 5.82 Å². The van der Waals surface area contributed by atoms with Crippen LogP contribution in [0.1, 0.15) is 25.3 Å². The summed E-state index contributed by atoms with van der Waals surface area (Å²) >= 11 is 0. The fourth-order valence-corrected chi connectivity index (χ4v) is 2.80. The Morgan fingerprint density at radius 2 is 2.21 bits per heavy atom. The van der Waals surface area contributed by atoms with E-state index in [2.05, 4.69) is 40.9 Å². The Morgan fingerprint density at radius 3 is 2.84 bits per heavy atom. The highest BCUT2D eigenvalue weighted by Crippen LogP contribution is 2.20. The third-order valence-corrected chi connectivity index (χ3v) is 3.91. The summed E-state index contributed by atoms with van der Waals surface area (Å²) in [5.74, 6) is 1.11. The topological polar surface area (TPSA) is 45.4 Å². The molecule has 2 heterocycles. The molecule has 1 aliphatic heterocycles. The van der Waals surface area contributed by atoms with Gasteiger partial charge in [-0.2, -0.15) is 0 Å². The van der Waals surface area contributed by atoms with Crippen molar-refractivity contribution < 1.29 is 0 Å². The number of hydrogen-bond donors (Lipinski definition) is 1. The average molecular weight is 262 g/mol. The first-order valence-corrected chi connectivity index (χ1v) is 7.34. The molecule has 1 saturated heterocycles. The average Bonchev–Trinajstić information content (AvgIpc) is 2.61. The molecule has 0 aliphatic carbocycles. The van der Waals surface area contributed by atoms with Gasteiger partial charge in [-0.15, -0.1) is 0 Å². The van der Waals surface area contributed by atoms with Gasteiger partial charge in [-0.05, 0) is 51.0 Å². The zero-order valence-corrected chi connectivity index (χ0v) is 12.2. The third-order valence-electron chi connectivity index (χ3n) is 3.91. The lowest BCUT2D eigenvalue weighted by Crippen LogP contribution is -2.40. The van der Waals surface area contributed by atoms with Gasteiger partial charge in [0.15, 0.2) is 0 Å². The molecule has 0 amide bonds. The molecule has 4 heteroatoms. The number of aromatic nitrogens is 1. The van der Waals surface area contributed by atoms with Gasteiger partial charge in [0.05, 0.1) is 0 Å². The Morgan fingerprint density at radius 1 is 1.37 bits per heavy atom. The second-order valence-corrected chi connectivity index (χ2v) is 5.43. The molecule has 1 aromatic rings. The Kier molecular flexibility index (Phi) is 5.16. The van der Waals surface area contributed by atoms with Gasteiger partial charge < -0.3 is 15.5 Å². The first-order chi connectivity index (χ1) is 9.24. The van der Waals surface area contributed by atoms with Crippen LogP contribution in [0.2, 0.25) is 0 Å². The molecule has 1 aliphatic rings. The van der Waals surface area contributed by atoms with E-state index in [1.54, 1.807) is 0 Å². The summed E-state index contributed by atoms with van der Waals surface area (Å²) in [5, 5.41) is 0. The SMILES string of the molecule is CCC1CN(C)CCCN1c1ccc(CCN)cn1. The quantitative estimate of drug-likeness (QED) is 0.893. The van der Waals surface area contributed by atoms with Crippen LogP contribution in [0.4, 0.5) is 5.82 Å². The summed E-state index contributed by atoms with van der Waals surface area (Å²) in [6, 6.07) is 4.88. The molecule has 19 heavy (non-hydrogen) atoms. The molecule has 2 rings (SSSR count). The Bertz CT molecular complexity index is 376. The van der Waals surface area contributed by atoms with Crippen molar-refractivity contribution in [2.75, 3.05) is 38.1 Å². The van der Waals surface area contributed by atoms with Gasteiger partial charge in [0, 0.05) is 25.3 Å². The van der Waals surface area contributed by atoms with E-state index < -0.39 is 0 Å². The van der Waals surface area contributed by atoms with Crippen LogP contribution in [0.3, 0.4) is 0 Å². The molecule has 0 bridgehead atoms. The van der Waals surface area contributed by atoms with E-state index in [1.165, 1.54) is 18.5 Å². The predicted molar refractivity (Wildman–Crippen MR) is 80.5 cm³/mol. The summed E-state index contributed by atoms with van der Waals surface area (Å²) in [6.07, 6.45) is 5.26. The number of rotatable bonds is 4. The minimum absolute atomic E-state index is 0.570. The van der Waals surface area contributed by atoms with Crippen LogP contribution in [0.25, 0.3) is 0 Å². The minimum atomic E-state index is 0.570. The number of nitrogens with zero attached hydrogens (tertiary/aromatic N) is 3. The van der Waals surface area contributed by atoms with Crippen LogP contribution in [0.15, 0.2) is 18.3 Å². The predicted octanol–water partition coefficient (Wildman–Crippen LogP) is 1.50. The maximum absolute atomic E-state index is 5.58. The van der Waals surface area contributed by atoms with Crippen LogP contribution >= 0.6 is 0 Å². The van der Waals surface area contributed by atoms with Crippen LogP contribution in [-0.2, 0) is 6.42 Å². The smallest absolute Gasteiger partial charge is 0.128 e. The van der Waals surface area contributed by atoms with E-state index in [0.29, 0.717) is 12.6 Å². The highest BCUT2D eigenvalue weighted by molar-refractivity contribution is 5.41. The third kappa shape index (κ3) is 3.67. The number of hydrogen-bond acceptors (Lipinski definition) is 4. The van der Waals surface area contributed by atoms with Crippen molar-refractivity contribution in [1.29, 1.82) is 0 Å². The molecular formula is C15H26N4. The Labute approximate surface area is 116 Å². The molecule has 0 spiro atoms. The molecular weight excluding hydrogens is 236 g/mol. The first-order valence-electron chi connectivity index (χ1n) is 7.34. The molecule has 0 aromatic carbocycles. The second-order valence-electron chi connectivity index (χ2n) is 5.43. The summed E-state index contributed by atoms with van der Waals surface area (Å²) in [6.45, 7) is 6.36. The maximum Gasteiger partial charge on any atom is 0.128 e. The summed E-state index contributed by atoms with van der Waals surface area (Å²) in [5.41, 5.74) is 6.81. The molecule has 106 valence electrons. The summed E-state index contributed by atoms with van der Waals surface area (Å²) in [7, 11) is 2.21. The monoisotopic (exact) mass is 262 g/mol. The standard InChI is InChI=1S/C15H26N4/c1-3-14-12-18(2)9-4-10-19(14)15-6-5-13(7-8-16)11-17-15/h5-6,11,14H,3-4,7-10,12,16H2,1-2H3. The molecule has 0 saturated carbocycles. The van der Waals surface area contributed by atoms with Crippen molar-refractivity contribution in [2.24, 2.45) is 5.73 Å². The number of nitrogens with two attached hydrogens (primary N) is 1. The Balaban J connectivity index is 2.13. The van der Waals surface area contributed by atoms with Crippen molar-refractivity contribution in [3.63, 3.8) is 0 Å². The van der Waals surface area contributed by atoms with Crippen LogP contribution in [-0.4, -0.2) is 49.2 Å². The fourth-order valence-electron chi connectivity index (χ4n) is 2.80. The van der Waals surface area contributed by atoms with E-state index in [4.69, 9.17) is 5.73 Å². The zero-order chi connectivity index (χ0) is 13.7. The zero-order valence-electron chi connectivity index (χ0n) is 12.2. The largest absolute Gasteiger partial charge is 0.352 e. The fraction of sp³-hybridized carbons (Fsp3) is 0.667. The van der Waals surface area contributed by atoms with Crippen LogP contribution in [0, 0.1) is 0 Å². The first kappa shape index (κ1) is 14.3. The number of pyridine rings is 1. The summed E-state index contributed by atoms with van der Waals surface area (Å²) < 4.78 is 0. The molecule has 1 unspecified atom stereocenters. The van der Waals surface area contributed by atoms with E-state index in [-0.39, 0.29) is 0 Å². The lowest BCUT2D eigenvalue weighted by molar-refractivity contribution is 0.327. The highest BCUT2D eigenvalue weighted by atomic mass is 15.3. The normalized spacial score (nSPS) is 21.4. The highest BCUT2D eigenvalue weighted by Gasteiger charge is 2.22. The van der Waals surface area contributed by atoms with Gasteiger partial charge in [-0.25, -0.2) is 4.98 Å². The van der Waals surface area contributed by atoms with Crippen LogP contribution in [0.5, 0.6) is 0 Å². The van der Waals surface area contributed by atoms with Crippen molar-refractivity contribution in [1.82, 2.24) is 9.88 Å². The van der Waals surface area contributed by atoms with E-state index in [9.17, 15) is 0 Å². The van der Waals surface area contributed by atoms with Crippen LogP contribution < -0.4 is 10.6 Å². The lowest BCUT2D eigenvalue weighted by atomic mass is 10.1. The van der Waals surface area contributed by atoms with Gasteiger partial charge in [0.1, 0.15) is 5.82 Å². The van der Waals surface area contributed by atoms with Gasteiger partial charge in [0.25, 0.3) is 0 Å². The van der Waals surface area contributed by atoms with Crippen molar-refractivity contribution in [3.05, 3.63) is 23.9 Å². The lowest BCUT2D eigenvalue weighted by Gasteiger charge is -2.31. The van der Waals surface area contributed by atoms with E-state index in [0.717, 1.165) is 31.7 Å². The number of likely N-dealkylation sites (N-methyl/N-ethyl adjacent to an activating group) is 1. The van der Waals surface area contributed by atoms with Crippen molar-refractivity contribution in [3.8, 4) is 0 Å².